The molecule has 2 aliphatic rings. The van der Waals surface area contributed by atoms with Gasteiger partial charge in [0.25, 0.3) is 5.91 Å². The number of carbonyl (C=O) groups is 1. The van der Waals surface area contributed by atoms with E-state index in [4.69, 9.17) is 11.6 Å². The number of aromatic amines is 1. The van der Waals surface area contributed by atoms with Crippen LogP contribution in [0.4, 0.5) is 0 Å². The fourth-order valence-electron chi connectivity index (χ4n) is 4.52. The van der Waals surface area contributed by atoms with Gasteiger partial charge in [-0.3, -0.25) is 9.89 Å². The molecular formula is C20H18ClN3O2. The summed E-state index contributed by atoms with van der Waals surface area (Å²) in [6.07, 6.45) is 2.98. The van der Waals surface area contributed by atoms with E-state index in [9.17, 15) is 9.90 Å². The van der Waals surface area contributed by atoms with Gasteiger partial charge in [0.15, 0.2) is 0 Å². The molecule has 5 rings (SSSR count). The lowest BCUT2D eigenvalue weighted by Crippen LogP contribution is -2.33. The average molecular weight is 368 g/mol. The van der Waals surface area contributed by atoms with Crippen LogP contribution in [0.25, 0.3) is 10.9 Å². The van der Waals surface area contributed by atoms with Crippen molar-refractivity contribution in [1.82, 2.24) is 15.5 Å². The van der Waals surface area contributed by atoms with Crippen molar-refractivity contribution in [3.05, 3.63) is 64.8 Å². The number of fused-ring (bicyclic) bond motifs is 2. The van der Waals surface area contributed by atoms with E-state index in [0.717, 1.165) is 16.5 Å². The van der Waals surface area contributed by atoms with Gasteiger partial charge in [0.05, 0.1) is 17.3 Å². The van der Waals surface area contributed by atoms with Crippen LogP contribution in [0, 0.1) is 11.8 Å². The first-order chi connectivity index (χ1) is 12.5. The zero-order valence-corrected chi connectivity index (χ0v) is 14.7. The molecule has 132 valence electrons. The van der Waals surface area contributed by atoms with Gasteiger partial charge < -0.3 is 10.4 Å². The smallest absolute Gasteiger partial charge is 0.251 e. The lowest BCUT2D eigenvalue weighted by molar-refractivity contribution is 0.0293. The number of hydrogen-bond acceptors (Lipinski definition) is 3. The number of benzene rings is 2. The first-order valence-corrected chi connectivity index (χ1v) is 9.14. The quantitative estimate of drug-likeness (QED) is 0.665. The molecule has 3 N–H and O–H groups in total. The molecule has 4 atom stereocenters. The minimum absolute atomic E-state index is 0.0477. The number of rotatable bonds is 3. The largest absolute Gasteiger partial charge is 0.385 e. The second kappa shape index (κ2) is 5.56. The number of aromatic nitrogens is 2. The van der Waals surface area contributed by atoms with Gasteiger partial charge in [-0.1, -0.05) is 29.8 Å². The van der Waals surface area contributed by atoms with Gasteiger partial charge in [-0.25, -0.2) is 0 Å². The predicted molar refractivity (Wildman–Crippen MR) is 98.9 cm³/mol. The van der Waals surface area contributed by atoms with Gasteiger partial charge in [0.2, 0.25) is 0 Å². The van der Waals surface area contributed by atoms with E-state index in [1.807, 2.05) is 42.5 Å². The minimum atomic E-state index is -0.920. The number of carbonyl (C=O) groups excluding carboxylic acids is 1. The van der Waals surface area contributed by atoms with E-state index in [-0.39, 0.29) is 11.9 Å². The summed E-state index contributed by atoms with van der Waals surface area (Å²) in [6, 6.07) is 13.0. The van der Waals surface area contributed by atoms with Crippen molar-refractivity contribution in [3.63, 3.8) is 0 Å². The normalized spacial score (nSPS) is 29.5. The molecule has 3 aromatic rings. The Hall–Kier alpha value is -2.37. The van der Waals surface area contributed by atoms with Crippen LogP contribution in [0.5, 0.6) is 0 Å². The van der Waals surface area contributed by atoms with Crippen molar-refractivity contribution >= 4 is 28.4 Å². The molecule has 2 aromatic carbocycles. The highest BCUT2D eigenvalue weighted by molar-refractivity contribution is 6.31. The maximum atomic E-state index is 12.3. The van der Waals surface area contributed by atoms with Crippen LogP contribution >= 0.6 is 11.6 Å². The van der Waals surface area contributed by atoms with Gasteiger partial charge in [0, 0.05) is 22.0 Å². The molecule has 1 amide bonds. The van der Waals surface area contributed by atoms with Crippen molar-refractivity contribution < 1.29 is 9.90 Å². The van der Waals surface area contributed by atoms with Gasteiger partial charge >= 0.3 is 0 Å². The zero-order valence-electron chi connectivity index (χ0n) is 13.9. The highest BCUT2D eigenvalue weighted by Crippen LogP contribution is 2.60. The highest BCUT2D eigenvalue weighted by atomic mass is 35.5. The molecule has 2 saturated carbocycles. The van der Waals surface area contributed by atoms with Crippen molar-refractivity contribution in [2.75, 3.05) is 0 Å². The number of nitrogens with zero attached hydrogens (tertiary/aromatic N) is 1. The Morgan fingerprint density at radius 2 is 1.96 bits per heavy atom. The molecule has 0 spiro atoms. The van der Waals surface area contributed by atoms with Crippen molar-refractivity contribution in [3.8, 4) is 0 Å². The summed E-state index contributed by atoms with van der Waals surface area (Å²) in [5.74, 6) is 0.552. The molecule has 26 heavy (non-hydrogen) atoms. The topological polar surface area (TPSA) is 78.0 Å². The fraction of sp³-hybridized carbons (Fsp3) is 0.300. The first-order valence-electron chi connectivity index (χ1n) is 8.76. The Morgan fingerprint density at radius 1 is 1.23 bits per heavy atom. The Bertz CT molecular complexity index is 989. The number of nitrogens with one attached hydrogen (secondary N) is 2. The SMILES string of the molecule is O=C(N[C@@H]1[C@@H]2C[C@@](O)(c3cc(Cl)cc4[nH]ncc34)C[C@@H]21)c1ccccc1. The monoisotopic (exact) mass is 367 g/mol. The fourth-order valence-corrected chi connectivity index (χ4v) is 4.74. The van der Waals surface area contributed by atoms with Gasteiger partial charge in [-0.2, -0.15) is 5.10 Å². The summed E-state index contributed by atoms with van der Waals surface area (Å²) in [4.78, 5) is 12.3. The van der Waals surface area contributed by atoms with E-state index in [2.05, 4.69) is 15.5 Å². The van der Waals surface area contributed by atoms with E-state index >= 15 is 0 Å². The molecule has 0 aliphatic heterocycles. The second-order valence-corrected chi connectivity index (χ2v) is 7.85. The lowest BCUT2D eigenvalue weighted by atomic mass is 9.86. The van der Waals surface area contributed by atoms with Crippen LogP contribution < -0.4 is 5.32 Å². The zero-order chi connectivity index (χ0) is 17.9. The standard InChI is InChI=1S/C20H18ClN3O2/c21-12-6-16(15-10-22-24-17(15)7-12)20(26)8-13-14(9-20)18(13)23-19(25)11-4-2-1-3-5-11/h1-7,10,13-14,18,26H,8-9H2,(H,22,24)(H,23,25)/t13-,14+,18-,20+. The highest BCUT2D eigenvalue weighted by Gasteiger charge is 2.62. The van der Waals surface area contributed by atoms with Crippen molar-refractivity contribution in [2.45, 2.75) is 24.5 Å². The van der Waals surface area contributed by atoms with Crippen molar-refractivity contribution in [2.24, 2.45) is 11.8 Å². The summed E-state index contributed by atoms with van der Waals surface area (Å²) in [5.41, 5.74) is 1.41. The molecule has 0 saturated heterocycles. The summed E-state index contributed by atoms with van der Waals surface area (Å²) in [6.45, 7) is 0. The predicted octanol–water partition coefficient (Wildman–Crippen LogP) is 3.24. The number of halogens is 1. The summed E-state index contributed by atoms with van der Waals surface area (Å²) in [7, 11) is 0. The Labute approximate surface area is 155 Å². The van der Waals surface area contributed by atoms with E-state index in [1.54, 1.807) is 6.20 Å². The maximum absolute atomic E-state index is 12.3. The van der Waals surface area contributed by atoms with Gasteiger partial charge in [-0.15, -0.1) is 0 Å². The minimum Gasteiger partial charge on any atom is -0.385 e. The van der Waals surface area contributed by atoms with Crippen LogP contribution in [-0.4, -0.2) is 27.3 Å². The van der Waals surface area contributed by atoms with Crippen LogP contribution in [0.1, 0.15) is 28.8 Å². The number of H-pyrrole nitrogens is 1. The summed E-state index contributed by atoms with van der Waals surface area (Å²) >= 11 is 6.22. The molecule has 6 heteroatoms. The third-order valence-electron chi connectivity index (χ3n) is 5.84. The maximum Gasteiger partial charge on any atom is 0.251 e. The molecule has 0 unspecified atom stereocenters. The Kier molecular flexibility index (Phi) is 3.39. The van der Waals surface area contributed by atoms with E-state index < -0.39 is 5.60 Å². The second-order valence-electron chi connectivity index (χ2n) is 7.42. The summed E-state index contributed by atoms with van der Waals surface area (Å²) < 4.78 is 0. The van der Waals surface area contributed by atoms with E-state index in [1.165, 1.54) is 0 Å². The lowest BCUT2D eigenvalue weighted by Gasteiger charge is -2.27. The first kappa shape index (κ1) is 15.9. The van der Waals surface area contributed by atoms with Crippen LogP contribution in [0.3, 0.4) is 0 Å². The average Bonchev–Trinajstić information content (AvgIpc) is 3.01. The van der Waals surface area contributed by atoms with Crippen LogP contribution in [0.2, 0.25) is 5.02 Å². The molecule has 1 heterocycles. The molecule has 0 bridgehead atoms. The molecule has 2 fully saturated rings. The Balaban J connectivity index is 1.34. The third-order valence-corrected chi connectivity index (χ3v) is 6.06. The molecule has 1 aromatic heterocycles. The number of hydrogen-bond donors (Lipinski definition) is 3. The van der Waals surface area contributed by atoms with Gasteiger partial charge in [-0.05, 0) is 54.5 Å². The molecular weight excluding hydrogens is 350 g/mol. The molecule has 2 aliphatic carbocycles. The van der Waals surface area contributed by atoms with Crippen LogP contribution in [-0.2, 0) is 5.60 Å². The van der Waals surface area contributed by atoms with Gasteiger partial charge in [0.1, 0.15) is 0 Å². The number of aliphatic hydroxyl groups is 1. The third kappa shape index (κ3) is 2.42. The van der Waals surface area contributed by atoms with E-state index in [0.29, 0.717) is 35.3 Å². The molecule has 5 nitrogen and oxygen atoms in total. The molecule has 0 radical (unpaired) electrons. The van der Waals surface area contributed by atoms with Crippen molar-refractivity contribution in [1.29, 1.82) is 0 Å². The summed E-state index contributed by atoms with van der Waals surface area (Å²) in [5, 5.41) is 22.8. The van der Waals surface area contributed by atoms with Crippen LogP contribution in [0.15, 0.2) is 48.7 Å². The Morgan fingerprint density at radius 3 is 2.69 bits per heavy atom. The number of amides is 1.